The molecule has 0 saturated carbocycles. The molecule has 0 heterocycles. The van der Waals surface area contributed by atoms with Crippen molar-refractivity contribution < 1.29 is 14.3 Å². The Labute approximate surface area is 155 Å². The molecule has 132 valence electrons. The number of rotatable bonds is 7. The van der Waals surface area contributed by atoms with Crippen molar-refractivity contribution >= 4 is 33.7 Å². The lowest BCUT2D eigenvalue weighted by molar-refractivity contribution is -0.121. The quantitative estimate of drug-likeness (QED) is 0.546. The van der Waals surface area contributed by atoms with Crippen LogP contribution in [-0.4, -0.2) is 32.4 Å². The molecule has 0 radical (unpaired) electrons. The molecule has 2 aromatic rings. The third-order valence-corrected chi connectivity index (χ3v) is 3.95. The van der Waals surface area contributed by atoms with Crippen molar-refractivity contribution in [2.45, 2.75) is 13.0 Å². The number of methoxy groups -OCH3 is 2. The number of nitrogens with one attached hydrogen (secondary N) is 2. The first kappa shape index (κ1) is 18.8. The molecule has 0 bridgehead atoms. The van der Waals surface area contributed by atoms with E-state index >= 15 is 0 Å². The molecule has 0 saturated heterocycles. The van der Waals surface area contributed by atoms with Crippen LogP contribution >= 0.6 is 15.9 Å². The van der Waals surface area contributed by atoms with Crippen molar-refractivity contribution in [1.29, 1.82) is 0 Å². The summed E-state index contributed by atoms with van der Waals surface area (Å²) in [4.78, 5) is 12.1. The number of halogens is 1. The van der Waals surface area contributed by atoms with Crippen molar-refractivity contribution in [3.63, 3.8) is 0 Å². The van der Waals surface area contributed by atoms with Gasteiger partial charge in [0, 0.05) is 10.2 Å². The fourth-order valence-electron chi connectivity index (χ4n) is 2.06. The Morgan fingerprint density at radius 3 is 2.44 bits per heavy atom. The van der Waals surface area contributed by atoms with Crippen LogP contribution in [0, 0.1) is 0 Å². The van der Waals surface area contributed by atoms with E-state index in [-0.39, 0.29) is 5.91 Å². The molecular weight excluding hydrogens is 386 g/mol. The van der Waals surface area contributed by atoms with Gasteiger partial charge in [0.15, 0.2) is 11.5 Å². The first-order valence-electron chi connectivity index (χ1n) is 7.60. The number of anilines is 1. The number of amides is 1. The van der Waals surface area contributed by atoms with Crippen LogP contribution in [0.4, 0.5) is 5.69 Å². The van der Waals surface area contributed by atoms with Crippen molar-refractivity contribution in [2.24, 2.45) is 5.10 Å². The van der Waals surface area contributed by atoms with Crippen LogP contribution in [0.3, 0.4) is 0 Å². The van der Waals surface area contributed by atoms with Crippen LogP contribution in [-0.2, 0) is 4.79 Å². The summed E-state index contributed by atoms with van der Waals surface area (Å²) in [7, 11) is 3.14. The molecule has 0 aliphatic carbocycles. The molecule has 0 spiro atoms. The zero-order valence-corrected chi connectivity index (χ0v) is 15.8. The summed E-state index contributed by atoms with van der Waals surface area (Å²) in [6.07, 6.45) is 1.55. The smallest absolute Gasteiger partial charge is 0.262 e. The van der Waals surface area contributed by atoms with E-state index in [9.17, 15) is 4.79 Å². The molecule has 0 fully saturated rings. The molecule has 1 unspecified atom stereocenters. The van der Waals surface area contributed by atoms with Gasteiger partial charge in [-0.15, -0.1) is 0 Å². The average molecular weight is 406 g/mol. The minimum Gasteiger partial charge on any atom is -0.493 e. The number of carbonyl (C=O) groups is 1. The zero-order valence-electron chi connectivity index (χ0n) is 14.2. The van der Waals surface area contributed by atoms with E-state index in [1.807, 2.05) is 30.3 Å². The van der Waals surface area contributed by atoms with E-state index in [0.717, 1.165) is 15.7 Å². The summed E-state index contributed by atoms with van der Waals surface area (Å²) in [5.41, 5.74) is 4.16. The van der Waals surface area contributed by atoms with E-state index in [2.05, 4.69) is 31.8 Å². The molecule has 0 aliphatic rings. The lowest BCUT2D eigenvalue weighted by atomic mass is 10.2. The van der Waals surface area contributed by atoms with Gasteiger partial charge in [-0.05, 0) is 55.0 Å². The van der Waals surface area contributed by atoms with Crippen LogP contribution in [0.15, 0.2) is 52.0 Å². The van der Waals surface area contributed by atoms with E-state index < -0.39 is 6.04 Å². The highest BCUT2D eigenvalue weighted by Crippen LogP contribution is 2.26. The van der Waals surface area contributed by atoms with E-state index in [4.69, 9.17) is 9.47 Å². The normalized spacial score (nSPS) is 11.8. The van der Waals surface area contributed by atoms with Crippen molar-refractivity contribution in [1.82, 2.24) is 5.43 Å². The number of hydrogen-bond acceptors (Lipinski definition) is 5. The maximum absolute atomic E-state index is 12.1. The van der Waals surface area contributed by atoms with Crippen LogP contribution in [0.5, 0.6) is 11.5 Å². The second-order valence-corrected chi connectivity index (χ2v) is 6.14. The molecule has 1 atom stereocenters. The van der Waals surface area contributed by atoms with Gasteiger partial charge in [0.1, 0.15) is 6.04 Å². The summed E-state index contributed by atoms with van der Waals surface area (Å²) in [6.45, 7) is 1.77. The van der Waals surface area contributed by atoms with Gasteiger partial charge >= 0.3 is 0 Å². The Bertz CT molecular complexity index is 748. The summed E-state index contributed by atoms with van der Waals surface area (Å²) < 4.78 is 11.4. The predicted octanol–water partition coefficient (Wildman–Crippen LogP) is 3.42. The minimum absolute atomic E-state index is 0.236. The third kappa shape index (κ3) is 5.49. The Kier molecular flexibility index (Phi) is 6.82. The predicted molar refractivity (Wildman–Crippen MR) is 103 cm³/mol. The molecule has 25 heavy (non-hydrogen) atoms. The molecule has 0 aromatic heterocycles. The largest absolute Gasteiger partial charge is 0.493 e. The second-order valence-electron chi connectivity index (χ2n) is 5.22. The third-order valence-electron chi connectivity index (χ3n) is 3.42. The lowest BCUT2D eigenvalue weighted by Crippen LogP contribution is -2.34. The van der Waals surface area contributed by atoms with Crippen molar-refractivity contribution in [2.75, 3.05) is 19.5 Å². The summed E-state index contributed by atoms with van der Waals surface area (Å²) in [5.74, 6) is 0.999. The number of ether oxygens (including phenoxy) is 2. The van der Waals surface area contributed by atoms with Crippen LogP contribution in [0.1, 0.15) is 12.5 Å². The fraction of sp³-hybridized carbons (Fsp3) is 0.222. The van der Waals surface area contributed by atoms with Crippen LogP contribution in [0.2, 0.25) is 0 Å². The SMILES string of the molecule is COc1ccc(/C=N/NC(=O)C(C)Nc2ccc(Br)cc2)cc1OC. The Hall–Kier alpha value is -2.54. The van der Waals surface area contributed by atoms with Gasteiger partial charge < -0.3 is 14.8 Å². The first-order chi connectivity index (χ1) is 12.0. The van der Waals surface area contributed by atoms with E-state index in [1.165, 1.54) is 0 Å². The lowest BCUT2D eigenvalue weighted by Gasteiger charge is -2.13. The number of hydrogen-bond donors (Lipinski definition) is 2. The van der Waals surface area contributed by atoms with Crippen molar-refractivity contribution in [3.05, 3.63) is 52.5 Å². The zero-order chi connectivity index (χ0) is 18.2. The maximum atomic E-state index is 12.1. The number of carbonyl (C=O) groups excluding carboxylic acids is 1. The Morgan fingerprint density at radius 1 is 1.12 bits per heavy atom. The molecule has 6 nitrogen and oxygen atoms in total. The fourth-order valence-corrected chi connectivity index (χ4v) is 2.33. The van der Waals surface area contributed by atoms with E-state index in [1.54, 1.807) is 39.5 Å². The average Bonchev–Trinajstić information content (AvgIpc) is 2.63. The molecule has 0 aliphatic heterocycles. The monoisotopic (exact) mass is 405 g/mol. The molecule has 7 heteroatoms. The Balaban J connectivity index is 1.92. The molecule has 2 aromatic carbocycles. The van der Waals surface area contributed by atoms with Gasteiger partial charge in [0.25, 0.3) is 5.91 Å². The highest BCUT2D eigenvalue weighted by atomic mass is 79.9. The first-order valence-corrected chi connectivity index (χ1v) is 8.40. The summed E-state index contributed by atoms with van der Waals surface area (Å²) in [5, 5.41) is 7.09. The van der Waals surface area contributed by atoms with Gasteiger partial charge in [-0.1, -0.05) is 15.9 Å². The second kappa shape index (κ2) is 9.08. The van der Waals surface area contributed by atoms with Gasteiger partial charge in [-0.2, -0.15) is 5.10 Å². The Morgan fingerprint density at radius 2 is 1.80 bits per heavy atom. The summed E-state index contributed by atoms with van der Waals surface area (Å²) >= 11 is 3.37. The molecule has 1 amide bonds. The molecule has 2 rings (SSSR count). The standard InChI is InChI=1S/C18H20BrN3O3/c1-12(21-15-7-5-14(19)6-8-15)18(23)22-20-11-13-4-9-16(24-2)17(10-13)25-3/h4-12,21H,1-3H3,(H,22,23)/b20-11+. The molecule has 2 N–H and O–H groups in total. The van der Waals surface area contributed by atoms with Crippen LogP contribution in [0.25, 0.3) is 0 Å². The molecular formula is C18H20BrN3O3. The maximum Gasteiger partial charge on any atom is 0.262 e. The highest BCUT2D eigenvalue weighted by Gasteiger charge is 2.11. The van der Waals surface area contributed by atoms with Gasteiger partial charge in [-0.3, -0.25) is 4.79 Å². The van der Waals surface area contributed by atoms with Gasteiger partial charge in [-0.25, -0.2) is 5.43 Å². The number of hydrazone groups is 1. The topological polar surface area (TPSA) is 72.0 Å². The van der Waals surface area contributed by atoms with Crippen molar-refractivity contribution in [3.8, 4) is 11.5 Å². The highest BCUT2D eigenvalue weighted by molar-refractivity contribution is 9.10. The summed E-state index contributed by atoms with van der Waals surface area (Å²) in [6, 6.07) is 12.5. The number of nitrogens with zero attached hydrogens (tertiary/aromatic N) is 1. The van der Waals surface area contributed by atoms with Crippen LogP contribution < -0.4 is 20.2 Å². The van der Waals surface area contributed by atoms with Gasteiger partial charge in [0.2, 0.25) is 0 Å². The minimum atomic E-state index is -0.427. The number of benzene rings is 2. The van der Waals surface area contributed by atoms with E-state index in [0.29, 0.717) is 11.5 Å². The van der Waals surface area contributed by atoms with Gasteiger partial charge in [0.05, 0.1) is 20.4 Å².